The van der Waals surface area contributed by atoms with Crippen molar-refractivity contribution < 1.29 is 9.18 Å². The van der Waals surface area contributed by atoms with Gasteiger partial charge in [-0.15, -0.1) is 0 Å². The van der Waals surface area contributed by atoms with E-state index in [4.69, 9.17) is 5.73 Å². The van der Waals surface area contributed by atoms with E-state index in [-0.39, 0.29) is 17.8 Å². The fraction of sp³-hybridized carbons (Fsp3) is 0.462. The number of aryl methyl sites for hydroxylation is 1. The molecular formula is C13H19FN2O. The summed E-state index contributed by atoms with van der Waals surface area (Å²) >= 11 is 0. The van der Waals surface area contributed by atoms with E-state index < -0.39 is 0 Å². The highest BCUT2D eigenvalue weighted by Gasteiger charge is 2.10. The molecule has 1 aromatic rings. The number of carbonyl (C=O) groups excluding carboxylic acids is 1. The molecule has 0 fully saturated rings. The maximum atomic E-state index is 12.9. The van der Waals surface area contributed by atoms with Gasteiger partial charge >= 0.3 is 0 Å². The predicted octanol–water partition coefficient (Wildman–Crippen LogP) is 2.59. The molecule has 94 valence electrons. The lowest BCUT2D eigenvalue weighted by Crippen LogP contribution is -2.27. The van der Waals surface area contributed by atoms with E-state index >= 15 is 0 Å². The summed E-state index contributed by atoms with van der Waals surface area (Å²) in [7, 11) is 0. The van der Waals surface area contributed by atoms with Crippen LogP contribution in [0.4, 0.5) is 10.1 Å². The van der Waals surface area contributed by atoms with E-state index in [0.29, 0.717) is 17.7 Å². The molecule has 3 nitrogen and oxygen atoms in total. The third kappa shape index (κ3) is 4.53. The Kier molecular flexibility index (Phi) is 5.10. The van der Waals surface area contributed by atoms with E-state index in [1.807, 2.05) is 6.92 Å². The second-order valence-electron chi connectivity index (χ2n) is 4.26. The lowest BCUT2D eigenvalue weighted by atomic mass is 10.1. The van der Waals surface area contributed by atoms with Crippen molar-refractivity contribution in [3.8, 4) is 0 Å². The average Bonchev–Trinajstić information content (AvgIpc) is 2.22. The summed E-state index contributed by atoms with van der Waals surface area (Å²) < 4.78 is 12.9. The number of carbonyl (C=O) groups is 1. The maximum Gasteiger partial charge on any atom is 0.225 e. The van der Waals surface area contributed by atoms with Crippen LogP contribution < -0.4 is 11.1 Å². The highest BCUT2D eigenvalue weighted by Crippen LogP contribution is 2.16. The summed E-state index contributed by atoms with van der Waals surface area (Å²) in [6.07, 6.45) is 2.09. The number of rotatable bonds is 5. The van der Waals surface area contributed by atoms with Crippen molar-refractivity contribution in [2.45, 2.75) is 39.2 Å². The van der Waals surface area contributed by atoms with E-state index in [0.717, 1.165) is 12.8 Å². The van der Waals surface area contributed by atoms with Crippen LogP contribution in [0, 0.1) is 12.7 Å². The molecule has 1 aromatic carbocycles. The number of hydrogen-bond acceptors (Lipinski definition) is 2. The molecule has 0 spiro atoms. The molecule has 0 bridgehead atoms. The van der Waals surface area contributed by atoms with Crippen LogP contribution in [0.25, 0.3) is 0 Å². The lowest BCUT2D eigenvalue weighted by Gasteiger charge is -2.12. The van der Waals surface area contributed by atoms with Gasteiger partial charge in [-0.3, -0.25) is 4.79 Å². The predicted molar refractivity (Wildman–Crippen MR) is 67.3 cm³/mol. The lowest BCUT2D eigenvalue weighted by molar-refractivity contribution is -0.116. The molecule has 17 heavy (non-hydrogen) atoms. The van der Waals surface area contributed by atoms with Gasteiger partial charge in [0.2, 0.25) is 5.91 Å². The van der Waals surface area contributed by atoms with Crippen LogP contribution in [0.15, 0.2) is 18.2 Å². The second kappa shape index (κ2) is 6.35. The monoisotopic (exact) mass is 238 g/mol. The number of anilines is 1. The molecule has 3 N–H and O–H groups in total. The molecule has 1 atom stereocenters. The second-order valence-corrected chi connectivity index (χ2v) is 4.26. The van der Waals surface area contributed by atoms with Gasteiger partial charge in [0.15, 0.2) is 0 Å². The summed E-state index contributed by atoms with van der Waals surface area (Å²) in [6, 6.07) is 4.17. The van der Waals surface area contributed by atoms with Gasteiger partial charge in [-0.05, 0) is 37.1 Å². The molecule has 1 unspecified atom stereocenters. The van der Waals surface area contributed by atoms with Gasteiger partial charge in [0.25, 0.3) is 0 Å². The molecule has 0 heterocycles. The van der Waals surface area contributed by atoms with Crippen molar-refractivity contribution in [3.63, 3.8) is 0 Å². The van der Waals surface area contributed by atoms with Gasteiger partial charge in [0.05, 0.1) is 0 Å². The molecular weight excluding hydrogens is 219 g/mol. The molecule has 0 saturated carbocycles. The Bertz CT molecular complexity index is 393. The van der Waals surface area contributed by atoms with Crippen LogP contribution in [-0.2, 0) is 4.79 Å². The van der Waals surface area contributed by atoms with Crippen LogP contribution in [-0.4, -0.2) is 11.9 Å². The number of nitrogens with one attached hydrogen (secondary N) is 1. The zero-order valence-electron chi connectivity index (χ0n) is 10.3. The summed E-state index contributed by atoms with van der Waals surface area (Å²) in [5, 5.41) is 2.74. The van der Waals surface area contributed by atoms with Crippen LogP contribution in [0.1, 0.15) is 31.7 Å². The maximum absolute atomic E-state index is 12.9. The van der Waals surface area contributed by atoms with E-state index in [1.54, 1.807) is 13.0 Å². The van der Waals surface area contributed by atoms with Gasteiger partial charge in [0.1, 0.15) is 5.82 Å². The number of nitrogens with two attached hydrogens (primary N) is 1. The molecule has 0 saturated heterocycles. The zero-order valence-corrected chi connectivity index (χ0v) is 10.3. The van der Waals surface area contributed by atoms with Crippen molar-refractivity contribution >= 4 is 11.6 Å². The van der Waals surface area contributed by atoms with Crippen LogP contribution in [0.3, 0.4) is 0 Å². The normalized spacial score (nSPS) is 12.2. The van der Waals surface area contributed by atoms with Crippen molar-refractivity contribution in [2.75, 3.05) is 5.32 Å². The Morgan fingerprint density at radius 3 is 2.82 bits per heavy atom. The first-order valence-electron chi connectivity index (χ1n) is 5.84. The minimum absolute atomic E-state index is 0.110. The summed E-state index contributed by atoms with van der Waals surface area (Å²) in [6.45, 7) is 3.78. The first kappa shape index (κ1) is 13.6. The Morgan fingerprint density at radius 1 is 1.53 bits per heavy atom. The zero-order chi connectivity index (χ0) is 12.8. The fourth-order valence-corrected chi connectivity index (χ4v) is 1.68. The van der Waals surface area contributed by atoms with Gasteiger partial charge in [-0.2, -0.15) is 0 Å². The standard InChI is InChI=1S/C13H19FN2O/c1-3-4-11(15)8-13(17)16-12-6-5-10(14)7-9(12)2/h5-7,11H,3-4,8,15H2,1-2H3,(H,16,17). The summed E-state index contributed by atoms with van der Waals surface area (Å²) in [5.41, 5.74) is 7.13. The van der Waals surface area contributed by atoms with E-state index in [9.17, 15) is 9.18 Å². The Morgan fingerprint density at radius 2 is 2.24 bits per heavy atom. The Hall–Kier alpha value is -1.42. The number of halogens is 1. The quantitative estimate of drug-likeness (QED) is 0.828. The van der Waals surface area contributed by atoms with Crippen molar-refractivity contribution in [3.05, 3.63) is 29.6 Å². The molecule has 0 aliphatic heterocycles. The van der Waals surface area contributed by atoms with Crippen LogP contribution in [0.2, 0.25) is 0 Å². The highest BCUT2D eigenvalue weighted by atomic mass is 19.1. The van der Waals surface area contributed by atoms with Gasteiger partial charge in [-0.1, -0.05) is 13.3 Å². The third-order valence-electron chi connectivity index (χ3n) is 2.57. The Balaban J connectivity index is 2.56. The van der Waals surface area contributed by atoms with Crippen molar-refractivity contribution in [2.24, 2.45) is 5.73 Å². The third-order valence-corrected chi connectivity index (χ3v) is 2.57. The van der Waals surface area contributed by atoms with E-state index in [2.05, 4.69) is 5.32 Å². The molecule has 1 amide bonds. The minimum Gasteiger partial charge on any atom is -0.327 e. The molecule has 0 aromatic heterocycles. The summed E-state index contributed by atoms with van der Waals surface area (Å²) in [5.74, 6) is -0.427. The summed E-state index contributed by atoms with van der Waals surface area (Å²) in [4.78, 5) is 11.6. The van der Waals surface area contributed by atoms with Gasteiger partial charge in [0, 0.05) is 18.2 Å². The van der Waals surface area contributed by atoms with Crippen LogP contribution >= 0.6 is 0 Å². The van der Waals surface area contributed by atoms with Crippen LogP contribution in [0.5, 0.6) is 0 Å². The molecule has 1 rings (SSSR count). The van der Waals surface area contributed by atoms with Crippen molar-refractivity contribution in [1.82, 2.24) is 0 Å². The smallest absolute Gasteiger partial charge is 0.225 e. The number of hydrogen-bond donors (Lipinski definition) is 2. The SMILES string of the molecule is CCCC(N)CC(=O)Nc1ccc(F)cc1C. The average molecular weight is 238 g/mol. The molecule has 0 aliphatic carbocycles. The number of benzene rings is 1. The topological polar surface area (TPSA) is 55.1 Å². The van der Waals surface area contributed by atoms with Gasteiger partial charge in [-0.25, -0.2) is 4.39 Å². The largest absolute Gasteiger partial charge is 0.327 e. The molecule has 0 aliphatic rings. The van der Waals surface area contributed by atoms with Gasteiger partial charge < -0.3 is 11.1 Å². The first-order valence-corrected chi connectivity index (χ1v) is 5.84. The minimum atomic E-state index is -0.303. The Labute approximate surface area is 101 Å². The molecule has 4 heteroatoms. The van der Waals surface area contributed by atoms with Crippen molar-refractivity contribution in [1.29, 1.82) is 0 Å². The number of amides is 1. The highest BCUT2D eigenvalue weighted by molar-refractivity contribution is 5.91. The first-order chi connectivity index (χ1) is 8.02. The van der Waals surface area contributed by atoms with E-state index in [1.165, 1.54) is 12.1 Å². The fourth-order valence-electron chi connectivity index (χ4n) is 1.68. The molecule has 0 radical (unpaired) electrons.